The molecule has 0 heterocycles. The van der Waals surface area contributed by atoms with Gasteiger partial charge in [0.1, 0.15) is 5.75 Å². The van der Waals surface area contributed by atoms with Gasteiger partial charge < -0.3 is 15.2 Å². The number of hydrogen-bond acceptors (Lipinski definition) is 3. The third-order valence-electron chi connectivity index (χ3n) is 2.92. The first-order chi connectivity index (χ1) is 9.58. The number of carboxylic acids is 1. The van der Waals surface area contributed by atoms with Crippen molar-refractivity contribution >= 4 is 11.9 Å². The maximum Gasteiger partial charge on any atom is 0.308 e. The van der Waals surface area contributed by atoms with Gasteiger partial charge in [0.25, 0.3) is 5.91 Å². The maximum absolute atomic E-state index is 11.9. The summed E-state index contributed by atoms with van der Waals surface area (Å²) < 4.78 is 5.29. The van der Waals surface area contributed by atoms with Crippen LogP contribution in [0, 0.1) is 5.92 Å². The molecule has 5 heteroatoms. The van der Waals surface area contributed by atoms with Crippen LogP contribution in [0.2, 0.25) is 0 Å². The minimum atomic E-state index is -0.876. The summed E-state index contributed by atoms with van der Waals surface area (Å²) in [4.78, 5) is 22.9. The fourth-order valence-corrected chi connectivity index (χ4v) is 1.85. The molecule has 20 heavy (non-hydrogen) atoms. The van der Waals surface area contributed by atoms with Gasteiger partial charge in [0.2, 0.25) is 0 Å². The van der Waals surface area contributed by atoms with Gasteiger partial charge in [-0.15, -0.1) is 0 Å². The van der Waals surface area contributed by atoms with Crippen LogP contribution in [0.5, 0.6) is 5.75 Å². The van der Waals surface area contributed by atoms with Crippen molar-refractivity contribution in [2.75, 3.05) is 13.2 Å². The van der Waals surface area contributed by atoms with Crippen molar-refractivity contribution in [2.24, 2.45) is 5.92 Å². The van der Waals surface area contributed by atoms with E-state index in [1.54, 1.807) is 24.3 Å². The number of nitrogens with one attached hydrogen (secondary N) is 1. The monoisotopic (exact) mass is 279 g/mol. The molecule has 0 aliphatic carbocycles. The van der Waals surface area contributed by atoms with Gasteiger partial charge in [0.15, 0.2) is 0 Å². The van der Waals surface area contributed by atoms with Crippen LogP contribution in [0.25, 0.3) is 0 Å². The van der Waals surface area contributed by atoms with Gasteiger partial charge in [-0.2, -0.15) is 0 Å². The zero-order chi connectivity index (χ0) is 15.0. The first-order valence-electron chi connectivity index (χ1n) is 6.82. The molecule has 0 saturated carbocycles. The van der Waals surface area contributed by atoms with Crippen molar-refractivity contribution in [1.29, 1.82) is 0 Å². The number of benzene rings is 1. The van der Waals surface area contributed by atoms with E-state index in [1.807, 2.05) is 13.8 Å². The topological polar surface area (TPSA) is 75.6 Å². The molecule has 1 unspecified atom stereocenters. The number of carboxylic acid groups (broad SMARTS) is 1. The second-order valence-corrected chi connectivity index (χ2v) is 4.49. The Morgan fingerprint density at radius 2 is 1.90 bits per heavy atom. The van der Waals surface area contributed by atoms with Gasteiger partial charge in [0, 0.05) is 12.1 Å². The van der Waals surface area contributed by atoms with Gasteiger partial charge in [-0.3, -0.25) is 9.59 Å². The number of carbonyl (C=O) groups excluding carboxylic acids is 1. The number of carbonyl (C=O) groups is 2. The molecule has 0 bridgehead atoms. The largest absolute Gasteiger partial charge is 0.494 e. The van der Waals surface area contributed by atoms with Crippen molar-refractivity contribution < 1.29 is 19.4 Å². The van der Waals surface area contributed by atoms with E-state index >= 15 is 0 Å². The lowest BCUT2D eigenvalue weighted by Crippen LogP contribution is -2.32. The minimum absolute atomic E-state index is 0.148. The lowest BCUT2D eigenvalue weighted by atomic mass is 10.0. The van der Waals surface area contributed by atoms with E-state index in [0.29, 0.717) is 24.3 Å². The smallest absolute Gasteiger partial charge is 0.308 e. The average molecular weight is 279 g/mol. The van der Waals surface area contributed by atoms with Crippen LogP contribution in [0.1, 0.15) is 37.0 Å². The Bertz CT molecular complexity index is 442. The number of amides is 1. The third kappa shape index (κ3) is 4.91. The molecule has 0 aliphatic rings. The quantitative estimate of drug-likeness (QED) is 0.765. The van der Waals surface area contributed by atoms with Gasteiger partial charge in [-0.1, -0.05) is 13.3 Å². The summed E-state index contributed by atoms with van der Waals surface area (Å²) in [6.45, 7) is 4.53. The summed E-state index contributed by atoms with van der Waals surface area (Å²) in [7, 11) is 0. The molecule has 0 aromatic heterocycles. The first kappa shape index (κ1) is 16.0. The van der Waals surface area contributed by atoms with E-state index in [-0.39, 0.29) is 12.5 Å². The van der Waals surface area contributed by atoms with Crippen LogP contribution < -0.4 is 10.1 Å². The van der Waals surface area contributed by atoms with Gasteiger partial charge in [-0.25, -0.2) is 0 Å². The molecule has 0 aliphatic heterocycles. The number of aliphatic carboxylic acids is 1. The Hall–Kier alpha value is -2.04. The summed E-state index contributed by atoms with van der Waals surface area (Å²) >= 11 is 0. The Labute approximate surface area is 118 Å². The van der Waals surface area contributed by atoms with E-state index in [1.165, 1.54) is 0 Å². The van der Waals surface area contributed by atoms with E-state index in [4.69, 9.17) is 9.84 Å². The zero-order valence-electron chi connectivity index (χ0n) is 11.9. The molecule has 1 rings (SSSR count). The van der Waals surface area contributed by atoms with Crippen LogP contribution in [-0.4, -0.2) is 30.1 Å². The second kappa shape index (κ2) is 8.19. The molecule has 1 aromatic rings. The molecule has 0 radical (unpaired) electrons. The predicted molar refractivity (Wildman–Crippen MR) is 76.0 cm³/mol. The molecule has 0 saturated heterocycles. The minimum Gasteiger partial charge on any atom is -0.494 e. The highest BCUT2D eigenvalue weighted by atomic mass is 16.5. The summed E-state index contributed by atoms with van der Waals surface area (Å²) in [5, 5.41) is 11.7. The van der Waals surface area contributed by atoms with Crippen molar-refractivity contribution in [3.63, 3.8) is 0 Å². The third-order valence-corrected chi connectivity index (χ3v) is 2.92. The Morgan fingerprint density at radius 1 is 1.25 bits per heavy atom. The second-order valence-electron chi connectivity index (χ2n) is 4.49. The zero-order valence-corrected chi connectivity index (χ0v) is 11.9. The molecule has 2 N–H and O–H groups in total. The Kier molecular flexibility index (Phi) is 6.56. The fourth-order valence-electron chi connectivity index (χ4n) is 1.85. The molecular weight excluding hydrogens is 258 g/mol. The van der Waals surface area contributed by atoms with Crippen molar-refractivity contribution in [3.8, 4) is 5.75 Å². The van der Waals surface area contributed by atoms with Gasteiger partial charge >= 0.3 is 5.97 Å². The van der Waals surface area contributed by atoms with Crippen LogP contribution >= 0.6 is 0 Å². The van der Waals surface area contributed by atoms with Crippen LogP contribution in [0.15, 0.2) is 24.3 Å². The molecular formula is C15H21NO4. The molecule has 0 fully saturated rings. The predicted octanol–water partition coefficient (Wildman–Crippen LogP) is 2.32. The lowest BCUT2D eigenvalue weighted by molar-refractivity contribution is -0.141. The molecule has 1 aromatic carbocycles. The van der Waals surface area contributed by atoms with Crippen LogP contribution in [-0.2, 0) is 4.79 Å². The Morgan fingerprint density at radius 3 is 2.40 bits per heavy atom. The van der Waals surface area contributed by atoms with Gasteiger partial charge in [-0.05, 0) is 37.6 Å². The lowest BCUT2D eigenvalue weighted by Gasteiger charge is -2.12. The van der Waals surface area contributed by atoms with E-state index in [0.717, 1.165) is 6.42 Å². The number of ether oxygens (including phenoxy) is 1. The fraction of sp³-hybridized carbons (Fsp3) is 0.467. The Balaban J connectivity index is 2.55. The van der Waals surface area contributed by atoms with Crippen molar-refractivity contribution in [1.82, 2.24) is 5.32 Å². The molecule has 110 valence electrons. The highest BCUT2D eigenvalue weighted by molar-refractivity contribution is 5.94. The van der Waals surface area contributed by atoms with Crippen molar-refractivity contribution in [2.45, 2.75) is 26.7 Å². The summed E-state index contributed by atoms with van der Waals surface area (Å²) in [5.74, 6) is -0.973. The summed E-state index contributed by atoms with van der Waals surface area (Å²) in [6.07, 6.45) is 1.33. The molecule has 0 spiro atoms. The maximum atomic E-state index is 11.9. The van der Waals surface area contributed by atoms with E-state index in [9.17, 15) is 9.59 Å². The SMILES string of the molecule is CCCC(CNC(=O)c1ccc(OCC)cc1)C(=O)O. The van der Waals surface area contributed by atoms with Crippen LogP contribution in [0.3, 0.4) is 0 Å². The molecule has 5 nitrogen and oxygen atoms in total. The van der Waals surface area contributed by atoms with E-state index in [2.05, 4.69) is 5.32 Å². The normalized spacial score (nSPS) is 11.7. The highest BCUT2D eigenvalue weighted by Crippen LogP contribution is 2.12. The van der Waals surface area contributed by atoms with E-state index < -0.39 is 11.9 Å². The molecule has 1 atom stereocenters. The molecule has 1 amide bonds. The van der Waals surface area contributed by atoms with Crippen LogP contribution in [0.4, 0.5) is 0 Å². The average Bonchev–Trinajstić information content (AvgIpc) is 2.44. The standard InChI is InChI=1S/C15H21NO4/c1-3-5-12(15(18)19)10-16-14(17)11-6-8-13(9-7-11)20-4-2/h6-9,12H,3-5,10H2,1-2H3,(H,16,17)(H,18,19). The number of rotatable bonds is 8. The first-order valence-corrected chi connectivity index (χ1v) is 6.82. The van der Waals surface area contributed by atoms with Gasteiger partial charge in [0.05, 0.1) is 12.5 Å². The summed E-state index contributed by atoms with van der Waals surface area (Å²) in [5.41, 5.74) is 0.495. The number of hydrogen-bond donors (Lipinski definition) is 2. The van der Waals surface area contributed by atoms with Crippen molar-refractivity contribution in [3.05, 3.63) is 29.8 Å². The highest BCUT2D eigenvalue weighted by Gasteiger charge is 2.17. The summed E-state index contributed by atoms with van der Waals surface area (Å²) in [6, 6.07) is 6.77.